The van der Waals surface area contributed by atoms with Gasteiger partial charge in [0.05, 0.1) is 0 Å². The van der Waals surface area contributed by atoms with E-state index in [1.807, 2.05) is 18.2 Å². The molecule has 0 unspecified atom stereocenters. The number of phenols is 1. The molecular weight excluding hydrogens is 267 g/mol. The quantitative estimate of drug-likeness (QED) is 0.911. The zero-order chi connectivity index (χ0) is 14.8. The zero-order valence-corrected chi connectivity index (χ0v) is 11.7. The van der Waals surface area contributed by atoms with Crippen molar-refractivity contribution in [2.24, 2.45) is 5.73 Å². The molecule has 0 saturated carbocycles. The molecule has 4 heteroatoms. The molecule has 0 aromatic heterocycles. The van der Waals surface area contributed by atoms with Gasteiger partial charge < -0.3 is 10.8 Å². The fourth-order valence-electron chi connectivity index (χ4n) is 3.08. The summed E-state index contributed by atoms with van der Waals surface area (Å²) in [5.74, 6) is -0.144. The van der Waals surface area contributed by atoms with E-state index in [0.29, 0.717) is 12.5 Å². The average Bonchev–Trinajstić information content (AvgIpc) is 2.79. The zero-order valence-electron chi connectivity index (χ0n) is 11.7. The van der Waals surface area contributed by atoms with Crippen molar-refractivity contribution in [1.29, 1.82) is 0 Å². The Morgan fingerprint density at radius 3 is 2.62 bits per heavy atom. The van der Waals surface area contributed by atoms with Gasteiger partial charge in [-0.15, -0.1) is 0 Å². The summed E-state index contributed by atoms with van der Waals surface area (Å²) in [7, 11) is 0. The van der Waals surface area contributed by atoms with Gasteiger partial charge in [0.15, 0.2) is 0 Å². The molecule has 2 atom stereocenters. The molecule has 0 bridgehead atoms. The van der Waals surface area contributed by atoms with Crippen molar-refractivity contribution in [3.8, 4) is 5.75 Å². The summed E-state index contributed by atoms with van der Waals surface area (Å²) in [5, 5.41) is 9.47. The number of nitrogens with two attached hydrogens (primary N) is 1. The van der Waals surface area contributed by atoms with Crippen LogP contribution in [0.4, 0.5) is 4.39 Å². The summed E-state index contributed by atoms with van der Waals surface area (Å²) >= 11 is 0. The molecule has 110 valence electrons. The number of halogens is 1. The molecule has 3 nitrogen and oxygen atoms in total. The third-order valence-corrected chi connectivity index (χ3v) is 4.02. The van der Waals surface area contributed by atoms with E-state index in [4.69, 9.17) is 5.73 Å². The lowest BCUT2D eigenvalue weighted by atomic mass is 9.95. The number of benzene rings is 2. The first-order valence-corrected chi connectivity index (χ1v) is 7.13. The second-order valence-electron chi connectivity index (χ2n) is 5.69. The number of likely N-dealkylation sites (tertiary alicyclic amines) is 1. The van der Waals surface area contributed by atoms with E-state index in [-0.39, 0.29) is 11.8 Å². The lowest BCUT2D eigenvalue weighted by molar-refractivity contribution is 0.322. The molecule has 0 aliphatic carbocycles. The first-order chi connectivity index (χ1) is 10.1. The Hall–Kier alpha value is -1.91. The van der Waals surface area contributed by atoms with Crippen LogP contribution in [0.5, 0.6) is 5.75 Å². The first kappa shape index (κ1) is 14.0. The van der Waals surface area contributed by atoms with E-state index in [9.17, 15) is 9.50 Å². The minimum absolute atomic E-state index is 0.0342. The number of phenolic OH excluding ortho intramolecular Hbond substituents is 1. The molecule has 1 aliphatic heterocycles. The standard InChI is InChI=1S/C17H19FN2O/c18-14-6-12(7-15(21)8-14)9-20-10-16(17(19)11-20)13-4-2-1-3-5-13/h1-8,16-17,21H,9-11,19H2/t16-,17+/m0/s1. The van der Waals surface area contributed by atoms with Crippen molar-refractivity contribution >= 4 is 0 Å². The molecule has 3 N–H and O–H groups in total. The van der Waals surface area contributed by atoms with Crippen molar-refractivity contribution in [1.82, 2.24) is 4.90 Å². The molecule has 21 heavy (non-hydrogen) atoms. The van der Waals surface area contributed by atoms with Gasteiger partial charge in [-0.2, -0.15) is 0 Å². The Morgan fingerprint density at radius 2 is 1.90 bits per heavy atom. The number of aromatic hydroxyl groups is 1. The lowest BCUT2D eigenvalue weighted by Gasteiger charge is -2.16. The Balaban J connectivity index is 1.71. The van der Waals surface area contributed by atoms with Crippen molar-refractivity contribution < 1.29 is 9.50 Å². The molecule has 0 radical (unpaired) electrons. The van der Waals surface area contributed by atoms with Gasteiger partial charge in [0.25, 0.3) is 0 Å². The highest BCUT2D eigenvalue weighted by atomic mass is 19.1. The third kappa shape index (κ3) is 3.23. The minimum atomic E-state index is -0.409. The molecular formula is C17H19FN2O. The number of hydrogen-bond acceptors (Lipinski definition) is 3. The molecule has 3 rings (SSSR count). The van der Waals surface area contributed by atoms with Crippen LogP contribution in [0.1, 0.15) is 17.0 Å². The highest BCUT2D eigenvalue weighted by Gasteiger charge is 2.31. The molecule has 2 aromatic rings. The minimum Gasteiger partial charge on any atom is -0.508 e. The van der Waals surface area contributed by atoms with Crippen LogP contribution in [-0.2, 0) is 6.54 Å². The normalized spacial score (nSPS) is 22.6. The molecule has 1 heterocycles. The highest BCUT2D eigenvalue weighted by Crippen LogP contribution is 2.28. The van der Waals surface area contributed by atoms with Crippen LogP contribution in [0.15, 0.2) is 48.5 Å². The summed E-state index contributed by atoms with van der Waals surface area (Å²) in [6, 6.07) is 14.5. The molecule has 1 aliphatic rings. The Labute approximate surface area is 123 Å². The first-order valence-electron chi connectivity index (χ1n) is 7.13. The average molecular weight is 286 g/mol. The van der Waals surface area contributed by atoms with Crippen LogP contribution in [0, 0.1) is 5.82 Å². The summed E-state index contributed by atoms with van der Waals surface area (Å²) < 4.78 is 13.3. The van der Waals surface area contributed by atoms with Crippen molar-refractivity contribution in [2.45, 2.75) is 18.5 Å². The van der Waals surface area contributed by atoms with Gasteiger partial charge in [-0.05, 0) is 23.3 Å². The topological polar surface area (TPSA) is 49.5 Å². The van der Waals surface area contributed by atoms with Gasteiger partial charge in [-0.3, -0.25) is 4.90 Å². The summed E-state index contributed by atoms with van der Waals surface area (Å²) in [6.07, 6.45) is 0. The van der Waals surface area contributed by atoms with Crippen molar-refractivity contribution in [3.05, 3.63) is 65.5 Å². The number of rotatable bonds is 3. The van der Waals surface area contributed by atoms with E-state index in [1.165, 1.54) is 11.6 Å². The van der Waals surface area contributed by atoms with Crippen LogP contribution in [0.2, 0.25) is 0 Å². The largest absolute Gasteiger partial charge is 0.508 e. The van der Waals surface area contributed by atoms with Crippen molar-refractivity contribution in [2.75, 3.05) is 13.1 Å². The van der Waals surface area contributed by atoms with Crippen molar-refractivity contribution in [3.63, 3.8) is 0 Å². The van der Waals surface area contributed by atoms with Gasteiger partial charge in [0.2, 0.25) is 0 Å². The lowest BCUT2D eigenvalue weighted by Crippen LogP contribution is -2.28. The maximum absolute atomic E-state index is 13.3. The van der Waals surface area contributed by atoms with Crippen LogP contribution in [0.3, 0.4) is 0 Å². The van der Waals surface area contributed by atoms with Gasteiger partial charge in [0.1, 0.15) is 11.6 Å². The van der Waals surface area contributed by atoms with Crippen LogP contribution >= 0.6 is 0 Å². The molecule has 0 amide bonds. The van der Waals surface area contributed by atoms with Crippen LogP contribution in [-0.4, -0.2) is 29.1 Å². The molecule has 0 spiro atoms. The smallest absolute Gasteiger partial charge is 0.127 e. The Kier molecular flexibility index (Phi) is 3.90. The van der Waals surface area contributed by atoms with E-state index in [0.717, 1.165) is 24.7 Å². The van der Waals surface area contributed by atoms with Gasteiger partial charge in [-0.25, -0.2) is 4.39 Å². The fraction of sp³-hybridized carbons (Fsp3) is 0.294. The maximum atomic E-state index is 13.3. The second-order valence-corrected chi connectivity index (χ2v) is 5.69. The fourth-order valence-corrected chi connectivity index (χ4v) is 3.08. The van der Waals surface area contributed by atoms with Crippen LogP contribution in [0.25, 0.3) is 0 Å². The summed E-state index contributed by atoms with van der Waals surface area (Å²) in [6.45, 7) is 2.22. The Bertz CT molecular complexity index is 597. The Morgan fingerprint density at radius 1 is 1.14 bits per heavy atom. The van der Waals surface area contributed by atoms with Gasteiger partial charge in [-0.1, -0.05) is 30.3 Å². The van der Waals surface area contributed by atoms with E-state index in [1.54, 1.807) is 6.07 Å². The summed E-state index contributed by atoms with van der Waals surface area (Å²) in [5.41, 5.74) is 8.27. The predicted octanol–water partition coefficient (Wildman–Crippen LogP) is 2.46. The molecule has 2 aromatic carbocycles. The summed E-state index contributed by atoms with van der Waals surface area (Å²) in [4.78, 5) is 2.20. The maximum Gasteiger partial charge on any atom is 0.127 e. The van der Waals surface area contributed by atoms with Gasteiger partial charge >= 0.3 is 0 Å². The predicted molar refractivity (Wildman–Crippen MR) is 80.5 cm³/mol. The highest BCUT2D eigenvalue weighted by molar-refractivity contribution is 5.29. The monoisotopic (exact) mass is 286 g/mol. The van der Waals surface area contributed by atoms with E-state index >= 15 is 0 Å². The second kappa shape index (κ2) is 5.84. The van der Waals surface area contributed by atoms with E-state index < -0.39 is 5.82 Å². The van der Waals surface area contributed by atoms with E-state index in [2.05, 4.69) is 17.0 Å². The SMILES string of the molecule is N[C@@H]1CN(Cc2cc(O)cc(F)c2)C[C@H]1c1ccccc1. The number of hydrogen-bond donors (Lipinski definition) is 2. The number of nitrogens with zero attached hydrogens (tertiary/aromatic N) is 1. The van der Waals surface area contributed by atoms with Gasteiger partial charge in [0, 0.05) is 37.7 Å². The van der Waals surface area contributed by atoms with Crippen LogP contribution < -0.4 is 5.73 Å². The molecule has 1 fully saturated rings. The third-order valence-electron chi connectivity index (χ3n) is 4.02. The molecule has 1 saturated heterocycles.